The van der Waals surface area contributed by atoms with E-state index in [0.29, 0.717) is 23.6 Å². The lowest BCUT2D eigenvalue weighted by molar-refractivity contribution is 0.102. The number of benzene rings is 1. The van der Waals surface area contributed by atoms with Crippen LogP contribution in [0.1, 0.15) is 17.3 Å². The van der Waals surface area contributed by atoms with E-state index in [0.717, 1.165) is 0 Å². The molecule has 3 nitrogen and oxygen atoms in total. The normalized spacial score (nSPS) is 9.94. The molecule has 0 aliphatic heterocycles. The van der Waals surface area contributed by atoms with Gasteiger partial charge in [-0.05, 0) is 30.5 Å². The van der Waals surface area contributed by atoms with Crippen LogP contribution in [-0.4, -0.2) is 12.5 Å². The lowest BCUT2D eigenvalue weighted by atomic mass is 10.2. The standard InChI is InChI=1S/C13H13NO2S/c1-2-16-12-6-4-3-5-11(12)14-13(15)10-7-8-17-9-10/h3-9H,2H2,1H3,(H,14,15). The molecule has 1 amide bonds. The van der Waals surface area contributed by atoms with E-state index in [1.165, 1.54) is 11.3 Å². The van der Waals surface area contributed by atoms with Crippen LogP contribution in [0.15, 0.2) is 41.1 Å². The van der Waals surface area contributed by atoms with E-state index in [2.05, 4.69) is 5.32 Å². The fourth-order valence-corrected chi connectivity index (χ4v) is 2.08. The van der Waals surface area contributed by atoms with Crippen LogP contribution >= 0.6 is 11.3 Å². The largest absolute Gasteiger partial charge is 0.492 e. The Morgan fingerprint density at radius 2 is 2.18 bits per heavy atom. The maximum absolute atomic E-state index is 11.9. The van der Waals surface area contributed by atoms with E-state index in [1.54, 1.807) is 6.07 Å². The molecule has 0 aliphatic rings. The molecule has 1 aromatic carbocycles. The van der Waals surface area contributed by atoms with Crippen LogP contribution in [0.25, 0.3) is 0 Å². The van der Waals surface area contributed by atoms with Crippen LogP contribution in [0.2, 0.25) is 0 Å². The number of nitrogens with one attached hydrogen (secondary N) is 1. The third-order valence-corrected chi connectivity index (χ3v) is 2.90. The van der Waals surface area contributed by atoms with Gasteiger partial charge in [0.15, 0.2) is 0 Å². The van der Waals surface area contributed by atoms with Gasteiger partial charge in [0, 0.05) is 5.38 Å². The first-order valence-electron chi connectivity index (χ1n) is 5.36. The van der Waals surface area contributed by atoms with Crippen molar-refractivity contribution in [2.45, 2.75) is 6.92 Å². The van der Waals surface area contributed by atoms with Gasteiger partial charge in [0.05, 0.1) is 17.9 Å². The maximum Gasteiger partial charge on any atom is 0.256 e. The number of hydrogen-bond acceptors (Lipinski definition) is 3. The van der Waals surface area contributed by atoms with Crippen molar-refractivity contribution in [3.63, 3.8) is 0 Å². The molecule has 1 heterocycles. The second-order valence-electron chi connectivity index (χ2n) is 3.40. The number of rotatable bonds is 4. The quantitative estimate of drug-likeness (QED) is 0.899. The number of ether oxygens (including phenoxy) is 1. The number of anilines is 1. The first-order chi connectivity index (χ1) is 8.31. The van der Waals surface area contributed by atoms with Crippen LogP contribution in [0, 0.1) is 0 Å². The molecule has 17 heavy (non-hydrogen) atoms. The fourth-order valence-electron chi connectivity index (χ4n) is 1.44. The minimum atomic E-state index is -0.113. The van der Waals surface area contributed by atoms with Crippen LogP contribution < -0.4 is 10.1 Å². The molecule has 0 aliphatic carbocycles. The number of amides is 1. The van der Waals surface area contributed by atoms with Gasteiger partial charge in [0.25, 0.3) is 5.91 Å². The van der Waals surface area contributed by atoms with E-state index in [4.69, 9.17) is 4.74 Å². The molecular formula is C13H13NO2S. The van der Waals surface area contributed by atoms with E-state index >= 15 is 0 Å². The highest BCUT2D eigenvalue weighted by molar-refractivity contribution is 7.08. The summed E-state index contributed by atoms with van der Waals surface area (Å²) in [5, 5.41) is 6.54. The van der Waals surface area contributed by atoms with Gasteiger partial charge in [0.1, 0.15) is 5.75 Å². The summed E-state index contributed by atoms with van der Waals surface area (Å²) in [5.74, 6) is 0.581. The average Bonchev–Trinajstić information content (AvgIpc) is 2.85. The molecule has 4 heteroatoms. The molecule has 0 spiro atoms. The maximum atomic E-state index is 11.9. The Kier molecular flexibility index (Phi) is 3.77. The molecule has 1 aromatic heterocycles. The Labute approximate surface area is 104 Å². The van der Waals surface area contributed by atoms with Gasteiger partial charge in [0.2, 0.25) is 0 Å². The van der Waals surface area contributed by atoms with Crippen LogP contribution in [0.5, 0.6) is 5.75 Å². The second kappa shape index (κ2) is 5.50. The van der Waals surface area contributed by atoms with Crippen molar-refractivity contribution in [1.29, 1.82) is 0 Å². The van der Waals surface area contributed by atoms with E-state index < -0.39 is 0 Å². The molecule has 1 N–H and O–H groups in total. The van der Waals surface area contributed by atoms with Crippen molar-refractivity contribution in [3.8, 4) is 5.75 Å². The summed E-state index contributed by atoms with van der Waals surface area (Å²) in [6, 6.07) is 9.21. The van der Waals surface area contributed by atoms with Crippen LogP contribution in [-0.2, 0) is 0 Å². The molecule has 0 unspecified atom stereocenters. The van der Waals surface area contributed by atoms with Gasteiger partial charge in [-0.3, -0.25) is 4.79 Å². The van der Waals surface area contributed by atoms with Gasteiger partial charge in [-0.2, -0.15) is 11.3 Å². The first kappa shape index (κ1) is 11.7. The Morgan fingerprint density at radius 1 is 1.35 bits per heavy atom. The second-order valence-corrected chi connectivity index (χ2v) is 4.18. The zero-order chi connectivity index (χ0) is 12.1. The molecule has 0 atom stereocenters. The molecule has 88 valence electrons. The Balaban J connectivity index is 2.15. The van der Waals surface area contributed by atoms with Crippen molar-refractivity contribution in [3.05, 3.63) is 46.7 Å². The highest BCUT2D eigenvalue weighted by Crippen LogP contribution is 2.24. The van der Waals surface area contributed by atoms with Crippen molar-refractivity contribution < 1.29 is 9.53 Å². The molecule has 2 rings (SSSR count). The van der Waals surface area contributed by atoms with Crippen molar-refractivity contribution >= 4 is 22.9 Å². The summed E-state index contributed by atoms with van der Waals surface area (Å²) >= 11 is 1.50. The predicted molar refractivity (Wildman–Crippen MR) is 69.9 cm³/mol. The lowest BCUT2D eigenvalue weighted by Crippen LogP contribution is -2.11. The third-order valence-electron chi connectivity index (χ3n) is 2.22. The number of carbonyl (C=O) groups is 1. The number of para-hydroxylation sites is 2. The number of thiophene rings is 1. The molecule has 0 fully saturated rings. The Hall–Kier alpha value is -1.81. The molecule has 0 saturated carbocycles. The minimum absolute atomic E-state index is 0.113. The monoisotopic (exact) mass is 247 g/mol. The first-order valence-corrected chi connectivity index (χ1v) is 6.31. The summed E-state index contributed by atoms with van der Waals surface area (Å²) in [6.45, 7) is 2.49. The predicted octanol–water partition coefficient (Wildman–Crippen LogP) is 3.40. The van der Waals surface area contributed by atoms with E-state index in [-0.39, 0.29) is 5.91 Å². The van der Waals surface area contributed by atoms with Crippen molar-refractivity contribution in [1.82, 2.24) is 0 Å². The molecular weight excluding hydrogens is 234 g/mol. The minimum Gasteiger partial charge on any atom is -0.492 e. The van der Waals surface area contributed by atoms with Crippen LogP contribution in [0.3, 0.4) is 0 Å². The van der Waals surface area contributed by atoms with E-state index in [1.807, 2.05) is 41.9 Å². The lowest BCUT2D eigenvalue weighted by Gasteiger charge is -2.10. The fraction of sp³-hybridized carbons (Fsp3) is 0.154. The van der Waals surface area contributed by atoms with Gasteiger partial charge >= 0.3 is 0 Å². The van der Waals surface area contributed by atoms with Gasteiger partial charge in [-0.25, -0.2) is 0 Å². The van der Waals surface area contributed by atoms with Gasteiger partial charge in [-0.1, -0.05) is 12.1 Å². The molecule has 0 radical (unpaired) electrons. The topological polar surface area (TPSA) is 38.3 Å². The average molecular weight is 247 g/mol. The van der Waals surface area contributed by atoms with Crippen LogP contribution in [0.4, 0.5) is 5.69 Å². The summed E-state index contributed by atoms with van der Waals surface area (Å²) in [6.07, 6.45) is 0. The molecule has 0 bridgehead atoms. The summed E-state index contributed by atoms with van der Waals surface area (Å²) in [4.78, 5) is 11.9. The Bertz CT molecular complexity index is 494. The van der Waals surface area contributed by atoms with Crippen molar-refractivity contribution in [2.24, 2.45) is 0 Å². The van der Waals surface area contributed by atoms with Gasteiger partial charge in [-0.15, -0.1) is 0 Å². The molecule has 2 aromatic rings. The zero-order valence-electron chi connectivity index (χ0n) is 9.47. The Morgan fingerprint density at radius 3 is 2.88 bits per heavy atom. The zero-order valence-corrected chi connectivity index (χ0v) is 10.3. The third kappa shape index (κ3) is 2.85. The number of carbonyl (C=O) groups excluding carboxylic acids is 1. The van der Waals surface area contributed by atoms with Crippen molar-refractivity contribution in [2.75, 3.05) is 11.9 Å². The van der Waals surface area contributed by atoms with E-state index in [9.17, 15) is 4.79 Å². The summed E-state index contributed by atoms with van der Waals surface area (Å²) < 4.78 is 5.44. The molecule has 0 saturated heterocycles. The SMILES string of the molecule is CCOc1ccccc1NC(=O)c1ccsc1. The highest BCUT2D eigenvalue weighted by Gasteiger charge is 2.09. The highest BCUT2D eigenvalue weighted by atomic mass is 32.1. The summed E-state index contributed by atoms with van der Waals surface area (Å²) in [7, 11) is 0. The number of hydrogen-bond donors (Lipinski definition) is 1. The van der Waals surface area contributed by atoms with Gasteiger partial charge < -0.3 is 10.1 Å². The summed E-state index contributed by atoms with van der Waals surface area (Å²) in [5.41, 5.74) is 1.37. The smallest absolute Gasteiger partial charge is 0.256 e.